The van der Waals surface area contributed by atoms with Gasteiger partial charge in [0.1, 0.15) is 17.3 Å². The highest BCUT2D eigenvalue weighted by Gasteiger charge is 2.18. The maximum Gasteiger partial charge on any atom is 0.150 e. The fourth-order valence-electron chi connectivity index (χ4n) is 3.79. The molecule has 7 heteroatoms. The second-order valence-electron chi connectivity index (χ2n) is 8.02. The fourth-order valence-corrected chi connectivity index (χ4v) is 3.79. The molecule has 1 saturated heterocycles. The van der Waals surface area contributed by atoms with Gasteiger partial charge >= 0.3 is 0 Å². The van der Waals surface area contributed by atoms with E-state index in [1.54, 1.807) is 19.5 Å². The average molecular weight is 429 g/mol. The van der Waals surface area contributed by atoms with E-state index in [1.807, 2.05) is 12.3 Å². The number of benzene rings is 1. The number of likely N-dealkylation sites (tertiary alicyclic amines) is 1. The van der Waals surface area contributed by atoms with Crippen molar-refractivity contribution in [1.29, 1.82) is 0 Å². The van der Waals surface area contributed by atoms with Gasteiger partial charge in [0.05, 0.1) is 19.0 Å². The molecule has 7 nitrogen and oxygen atoms in total. The van der Waals surface area contributed by atoms with E-state index >= 15 is 0 Å². The minimum atomic E-state index is 0.419. The molecule has 0 bridgehead atoms. The predicted octanol–water partition coefficient (Wildman–Crippen LogP) is 3.92. The minimum absolute atomic E-state index is 0.419. The predicted molar refractivity (Wildman–Crippen MR) is 128 cm³/mol. The molecule has 2 aromatic heterocycles. The minimum Gasteiger partial charge on any atom is -0.382 e. The second kappa shape index (κ2) is 10.2. The summed E-state index contributed by atoms with van der Waals surface area (Å²) in [7, 11) is 3.88. The van der Waals surface area contributed by atoms with Gasteiger partial charge in [-0.15, -0.1) is 6.42 Å². The van der Waals surface area contributed by atoms with Crippen LogP contribution >= 0.6 is 0 Å². The van der Waals surface area contributed by atoms with Crippen LogP contribution in [-0.4, -0.2) is 53.1 Å². The van der Waals surface area contributed by atoms with Crippen LogP contribution in [0.15, 0.2) is 48.9 Å². The van der Waals surface area contributed by atoms with Crippen molar-refractivity contribution in [1.82, 2.24) is 19.9 Å². The van der Waals surface area contributed by atoms with Gasteiger partial charge < -0.3 is 20.3 Å². The summed E-state index contributed by atoms with van der Waals surface area (Å²) in [6.07, 6.45) is 12.6. The number of piperidine rings is 1. The molecule has 0 amide bonds. The molecule has 2 N–H and O–H groups in total. The molecular formula is C25H28N6O. The Morgan fingerprint density at radius 2 is 1.81 bits per heavy atom. The molecule has 3 heterocycles. The number of hydrogen-bond acceptors (Lipinski definition) is 7. The largest absolute Gasteiger partial charge is 0.382 e. The summed E-state index contributed by atoms with van der Waals surface area (Å²) in [6, 6.07) is 10.9. The zero-order valence-corrected chi connectivity index (χ0v) is 18.5. The zero-order valence-electron chi connectivity index (χ0n) is 18.5. The molecule has 32 heavy (non-hydrogen) atoms. The molecule has 0 atom stereocenters. The van der Waals surface area contributed by atoms with E-state index in [4.69, 9.17) is 11.2 Å². The maximum absolute atomic E-state index is 5.36. The Hall–Kier alpha value is -3.47. The number of rotatable bonds is 7. The molecule has 1 aromatic carbocycles. The first-order valence-electron chi connectivity index (χ1n) is 10.7. The summed E-state index contributed by atoms with van der Waals surface area (Å²) < 4.78 is 5.23. The van der Waals surface area contributed by atoms with Crippen LogP contribution < -0.4 is 10.6 Å². The number of nitrogens with one attached hydrogen (secondary N) is 2. The molecule has 164 valence electrons. The van der Waals surface area contributed by atoms with Gasteiger partial charge in [-0.3, -0.25) is 0 Å². The quantitative estimate of drug-likeness (QED) is 0.553. The van der Waals surface area contributed by atoms with E-state index in [2.05, 4.69) is 67.7 Å². The van der Waals surface area contributed by atoms with Crippen LogP contribution in [0.5, 0.6) is 0 Å². The van der Waals surface area contributed by atoms with Crippen molar-refractivity contribution in [2.75, 3.05) is 37.9 Å². The first-order valence-corrected chi connectivity index (χ1v) is 10.7. The SMILES string of the molecule is C#Cc1cnc(Nc2cc(NC3CCN(C)CC3)c(-c3ccc(COC)cc3)cn2)cn1. The third-order valence-electron chi connectivity index (χ3n) is 5.61. The van der Waals surface area contributed by atoms with Crippen molar-refractivity contribution in [2.24, 2.45) is 0 Å². The molecule has 1 fully saturated rings. The number of anilines is 3. The van der Waals surface area contributed by atoms with Gasteiger partial charge in [0.2, 0.25) is 0 Å². The van der Waals surface area contributed by atoms with Crippen molar-refractivity contribution in [3.05, 3.63) is 60.2 Å². The zero-order chi connectivity index (χ0) is 22.3. The Morgan fingerprint density at radius 1 is 1.06 bits per heavy atom. The van der Waals surface area contributed by atoms with Crippen LogP contribution in [-0.2, 0) is 11.3 Å². The second-order valence-corrected chi connectivity index (χ2v) is 8.02. The normalized spacial score (nSPS) is 14.7. The Bertz CT molecular complexity index is 1070. The van der Waals surface area contributed by atoms with Crippen molar-refractivity contribution in [3.63, 3.8) is 0 Å². The summed E-state index contributed by atoms with van der Waals surface area (Å²) in [5, 5.41) is 6.99. The molecule has 1 aliphatic heterocycles. The molecular weight excluding hydrogens is 400 g/mol. The highest BCUT2D eigenvalue weighted by atomic mass is 16.5. The fraction of sp³-hybridized carbons (Fsp3) is 0.320. The van der Waals surface area contributed by atoms with Crippen LogP contribution in [0.25, 0.3) is 11.1 Å². The summed E-state index contributed by atoms with van der Waals surface area (Å²) in [4.78, 5) is 15.5. The van der Waals surface area contributed by atoms with Crippen LogP contribution in [0.4, 0.5) is 17.3 Å². The lowest BCUT2D eigenvalue weighted by molar-refractivity contribution is 0.185. The van der Waals surface area contributed by atoms with E-state index in [-0.39, 0.29) is 0 Å². The lowest BCUT2D eigenvalue weighted by Gasteiger charge is -2.31. The molecule has 0 radical (unpaired) electrons. The lowest BCUT2D eigenvalue weighted by atomic mass is 10.0. The third-order valence-corrected chi connectivity index (χ3v) is 5.61. The van der Waals surface area contributed by atoms with E-state index in [9.17, 15) is 0 Å². The molecule has 0 unspecified atom stereocenters. The van der Waals surface area contributed by atoms with Crippen molar-refractivity contribution in [2.45, 2.75) is 25.5 Å². The van der Waals surface area contributed by atoms with E-state index < -0.39 is 0 Å². The summed E-state index contributed by atoms with van der Waals surface area (Å²) in [6.45, 7) is 2.78. The molecule has 4 rings (SSSR count). The van der Waals surface area contributed by atoms with Gasteiger partial charge in [-0.2, -0.15) is 0 Å². The van der Waals surface area contributed by atoms with E-state index in [0.717, 1.165) is 48.3 Å². The molecule has 0 aliphatic carbocycles. The van der Waals surface area contributed by atoms with Gasteiger partial charge in [0.15, 0.2) is 0 Å². The Labute approximate surface area is 189 Å². The van der Waals surface area contributed by atoms with E-state index in [1.165, 1.54) is 0 Å². The van der Waals surface area contributed by atoms with Gasteiger partial charge in [-0.05, 0) is 50.0 Å². The van der Waals surface area contributed by atoms with Gasteiger partial charge in [-0.25, -0.2) is 15.0 Å². The Morgan fingerprint density at radius 3 is 2.47 bits per heavy atom. The number of hydrogen-bond donors (Lipinski definition) is 2. The highest BCUT2D eigenvalue weighted by Crippen LogP contribution is 2.32. The first kappa shape index (κ1) is 21.8. The number of ether oxygens (including phenoxy) is 1. The van der Waals surface area contributed by atoms with Crippen LogP contribution in [0.2, 0.25) is 0 Å². The number of aromatic nitrogens is 3. The van der Waals surface area contributed by atoms with Crippen LogP contribution in [0.1, 0.15) is 24.1 Å². The number of terminal acetylenes is 1. The van der Waals surface area contributed by atoms with Crippen molar-refractivity contribution < 1.29 is 4.74 Å². The monoisotopic (exact) mass is 428 g/mol. The highest BCUT2D eigenvalue weighted by molar-refractivity contribution is 5.80. The smallest absolute Gasteiger partial charge is 0.150 e. The lowest BCUT2D eigenvalue weighted by Crippen LogP contribution is -2.36. The molecule has 1 aliphatic rings. The maximum atomic E-state index is 5.36. The summed E-state index contributed by atoms with van der Waals surface area (Å²) >= 11 is 0. The van der Waals surface area contributed by atoms with Gasteiger partial charge in [-0.1, -0.05) is 24.3 Å². The van der Waals surface area contributed by atoms with Gasteiger partial charge in [0, 0.05) is 36.7 Å². The first-order chi connectivity index (χ1) is 15.6. The molecule has 0 saturated carbocycles. The average Bonchev–Trinajstić information content (AvgIpc) is 2.82. The molecule has 3 aromatic rings. The Kier molecular flexibility index (Phi) is 6.95. The third kappa shape index (κ3) is 5.41. The number of methoxy groups -OCH3 is 1. The van der Waals surface area contributed by atoms with E-state index in [0.29, 0.717) is 30.0 Å². The Balaban J connectivity index is 1.61. The number of pyridine rings is 1. The summed E-state index contributed by atoms with van der Waals surface area (Å²) in [5.41, 5.74) is 4.86. The van der Waals surface area contributed by atoms with Crippen LogP contribution in [0.3, 0.4) is 0 Å². The molecule has 0 spiro atoms. The van der Waals surface area contributed by atoms with Crippen molar-refractivity contribution >= 4 is 17.3 Å². The van der Waals surface area contributed by atoms with Crippen LogP contribution in [0, 0.1) is 12.3 Å². The number of nitrogens with zero attached hydrogens (tertiary/aromatic N) is 4. The topological polar surface area (TPSA) is 75.2 Å². The van der Waals surface area contributed by atoms with Gasteiger partial charge in [0.25, 0.3) is 0 Å². The van der Waals surface area contributed by atoms with Crippen molar-refractivity contribution in [3.8, 4) is 23.5 Å². The summed E-state index contributed by atoms with van der Waals surface area (Å²) in [5.74, 6) is 3.77. The standard InChI is InChI=1S/C25H28N6O/c1-4-20-14-27-25(16-26-20)30-24-13-23(29-21-9-11-31(2)12-10-21)22(15-28-24)19-7-5-18(6-8-19)17-32-3/h1,5-8,13-16,21H,9-12,17H2,2-3H3,(H2,27,28,29,30).